The quantitative estimate of drug-likeness (QED) is 0.532. The van der Waals surface area contributed by atoms with Gasteiger partial charge in [-0.25, -0.2) is 10.8 Å². The molecule has 0 saturated carbocycles. The number of nitrogens with two attached hydrogens (primary N) is 1. The molecule has 3 rings (SSSR count). The summed E-state index contributed by atoms with van der Waals surface area (Å²) >= 11 is 0. The Kier molecular flexibility index (Phi) is 4.33. The molecular formula is C14H21N5O2. The number of anilines is 1. The van der Waals surface area contributed by atoms with Crippen molar-refractivity contribution in [2.24, 2.45) is 5.84 Å². The fraction of sp³-hybridized carbons (Fsp3) is 0.571. The lowest BCUT2D eigenvalue weighted by atomic mass is 10.2. The second-order valence-electron chi connectivity index (χ2n) is 5.51. The van der Waals surface area contributed by atoms with Gasteiger partial charge in [-0.05, 0) is 31.5 Å². The molecule has 7 heteroatoms. The van der Waals surface area contributed by atoms with Crippen LogP contribution < -0.4 is 16.6 Å². The molecule has 0 spiro atoms. The maximum Gasteiger partial charge on any atom is 0.270 e. The normalized spacial score (nSPS) is 25.4. The van der Waals surface area contributed by atoms with Crippen molar-refractivity contribution in [2.75, 3.05) is 31.7 Å². The zero-order chi connectivity index (χ0) is 14.7. The highest BCUT2D eigenvalue weighted by Gasteiger charge is 2.32. The molecule has 0 radical (unpaired) electrons. The van der Waals surface area contributed by atoms with Crippen molar-refractivity contribution >= 4 is 11.7 Å². The Morgan fingerprint density at radius 2 is 2.43 bits per heavy atom. The number of carbonyl (C=O) groups is 1. The largest absolute Gasteiger partial charge is 0.373 e. The zero-order valence-electron chi connectivity index (χ0n) is 11.9. The van der Waals surface area contributed by atoms with Gasteiger partial charge in [0.15, 0.2) is 0 Å². The van der Waals surface area contributed by atoms with Crippen molar-refractivity contribution in [3.05, 3.63) is 23.9 Å². The van der Waals surface area contributed by atoms with Crippen LogP contribution in [0.3, 0.4) is 0 Å². The molecule has 2 aliphatic rings. The minimum absolute atomic E-state index is 0.0547. The average Bonchev–Trinajstić information content (AvgIpc) is 3.00. The van der Waals surface area contributed by atoms with E-state index >= 15 is 0 Å². The predicted molar refractivity (Wildman–Crippen MR) is 78.7 cm³/mol. The number of hydrogen-bond acceptors (Lipinski definition) is 6. The number of amides is 1. The smallest absolute Gasteiger partial charge is 0.270 e. The summed E-state index contributed by atoms with van der Waals surface area (Å²) in [6.45, 7) is 3.31. The van der Waals surface area contributed by atoms with Crippen LogP contribution in [0.15, 0.2) is 18.2 Å². The van der Waals surface area contributed by atoms with Crippen LogP contribution >= 0.6 is 0 Å². The Morgan fingerprint density at radius 3 is 3.29 bits per heavy atom. The predicted octanol–water partition coefficient (Wildman–Crippen LogP) is -0.0398. The maximum absolute atomic E-state index is 12.1. The Morgan fingerprint density at radius 1 is 1.52 bits per heavy atom. The number of nitrogens with one attached hydrogen (secondary N) is 2. The number of hydrogen-bond donors (Lipinski definition) is 3. The van der Waals surface area contributed by atoms with Crippen LogP contribution in [0.25, 0.3) is 0 Å². The summed E-state index contributed by atoms with van der Waals surface area (Å²) in [6, 6.07) is 5.68. The molecule has 1 amide bonds. The molecule has 2 saturated heterocycles. The van der Waals surface area contributed by atoms with Gasteiger partial charge in [0, 0.05) is 19.1 Å². The Bertz CT molecular complexity index is 510. The van der Waals surface area contributed by atoms with Gasteiger partial charge in [0.05, 0.1) is 12.7 Å². The third kappa shape index (κ3) is 3.31. The summed E-state index contributed by atoms with van der Waals surface area (Å²) in [7, 11) is 0. The number of nitrogens with zero attached hydrogens (tertiary/aromatic N) is 2. The van der Waals surface area contributed by atoms with Crippen LogP contribution in [-0.2, 0) is 4.74 Å². The number of morpholine rings is 1. The van der Waals surface area contributed by atoms with E-state index in [2.05, 4.69) is 20.6 Å². The van der Waals surface area contributed by atoms with Crippen molar-refractivity contribution in [3.63, 3.8) is 0 Å². The van der Waals surface area contributed by atoms with E-state index in [0.29, 0.717) is 24.1 Å². The first-order valence-corrected chi connectivity index (χ1v) is 7.34. The average molecular weight is 291 g/mol. The molecule has 1 aromatic heterocycles. The minimum atomic E-state index is -0.209. The highest BCUT2D eigenvalue weighted by Crippen LogP contribution is 2.22. The Balaban J connectivity index is 1.51. The van der Waals surface area contributed by atoms with E-state index in [1.165, 1.54) is 12.8 Å². The SMILES string of the molecule is NNc1cccc(C(=O)NCC2CN3CCCC3CO2)n1. The number of rotatable bonds is 4. The van der Waals surface area contributed by atoms with Gasteiger partial charge in [-0.1, -0.05) is 6.07 Å². The summed E-state index contributed by atoms with van der Waals surface area (Å²) in [5.74, 6) is 5.55. The van der Waals surface area contributed by atoms with Crippen molar-refractivity contribution < 1.29 is 9.53 Å². The van der Waals surface area contributed by atoms with Crippen LogP contribution in [0, 0.1) is 0 Å². The highest BCUT2D eigenvalue weighted by atomic mass is 16.5. The lowest BCUT2D eigenvalue weighted by Crippen LogP contribution is -2.50. The third-order valence-corrected chi connectivity index (χ3v) is 4.08. The number of pyridine rings is 1. The van der Waals surface area contributed by atoms with Crippen molar-refractivity contribution in [1.29, 1.82) is 0 Å². The molecule has 2 aliphatic heterocycles. The fourth-order valence-electron chi connectivity index (χ4n) is 2.95. The van der Waals surface area contributed by atoms with Gasteiger partial charge in [0.1, 0.15) is 11.5 Å². The van der Waals surface area contributed by atoms with Gasteiger partial charge in [0.2, 0.25) is 0 Å². The molecule has 3 heterocycles. The summed E-state index contributed by atoms with van der Waals surface area (Å²) < 4.78 is 5.81. The maximum atomic E-state index is 12.1. The summed E-state index contributed by atoms with van der Waals surface area (Å²) in [5.41, 5.74) is 2.78. The Labute approximate surface area is 123 Å². The highest BCUT2D eigenvalue weighted by molar-refractivity contribution is 5.92. The molecular weight excluding hydrogens is 270 g/mol. The van der Waals surface area contributed by atoms with Gasteiger partial charge < -0.3 is 15.5 Å². The topological polar surface area (TPSA) is 92.5 Å². The molecule has 21 heavy (non-hydrogen) atoms. The molecule has 2 atom stereocenters. The van der Waals surface area contributed by atoms with E-state index in [4.69, 9.17) is 10.6 Å². The monoisotopic (exact) mass is 291 g/mol. The van der Waals surface area contributed by atoms with Crippen LogP contribution in [0.1, 0.15) is 23.3 Å². The van der Waals surface area contributed by atoms with Crippen LogP contribution in [-0.4, -0.2) is 54.2 Å². The van der Waals surface area contributed by atoms with E-state index in [1.807, 2.05) is 0 Å². The number of carbonyl (C=O) groups excluding carboxylic acids is 1. The van der Waals surface area contributed by atoms with Gasteiger partial charge in [-0.15, -0.1) is 0 Å². The van der Waals surface area contributed by atoms with E-state index < -0.39 is 0 Å². The summed E-state index contributed by atoms with van der Waals surface area (Å²) in [4.78, 5) is 18.6. The lowest BCUT2D eigenvalue weighted by Gasteiger charge is -2.35. The second kappa shape index (κ2) is 6.38. The number of ether oxygens (including phenoxy) is 1. The molecule has 7 nitrogen and oxygen atoms in total. The molecule has 0 bridgehead atoms. The molecule has 114 valence electrons. The van der Waals surface area contributed by atoms with E-state index in [1.54, 1.807) is 18.2 Å². The van der Waals surface area contributed by atoms with Gasteiger partial charge in [-0.2, -0.15) is 0 Å². The van der Waals surface area contributed by atoms with Crippen LogP contribution in [0.5, 0.6) is 0 Å². The van der Waals surface area contributed by atoms with Crippen molar-refractivity contribution in [1.82, 2.24) is 15.2 Å². The van der Waals surface area contributed by atoms with Crippen molar-refractivity contribution in [3.8, 4) is 0 Å². The number of fused-ring (bicyclic) bond motifs is 1. The first-order chi connectivity index (χ1) is 10.3. The van der Waals surface area contributed by atoms with E-state index in [-0.39, 0.29) is 12.0 Å². The van der Waals surface area contributed by atoms with Crippen molar-refractivity contribution in [2.45, 2.75) is 25.0 Å². The molecule has 0 aromatic carbocycles. The molecule has 1 aromatic rings. The van der Waals surface area contributed by atoms with Gasteiger partial charge in [-0.3, -0.25) is 9.69 Å². The van der Waals surface area contributed by atoms with Crippen LogP contribution in [0.4, 0.5) is 5.82 Å². The summed E-state index contributed by atoms with van der Waals surface area (Å²) in [6.07, 6.45) is 2.52. The standard InChI is InChI=1S/C14H21N5O2/c15-18-13-5-1-4-12(17-13)14(20)16-7-11-8-19-6-2-3-10(19)9-21-11/h1,4-5,10-11H,2-3,6-9,15H2,(H,16,20)(H,17,18). The molecule has 0 aliphatic carbocycles. The Hall–Kier alpha value is -1.70. The molecule has 2 fully saturated rings. The fourth-order valence-corrected chi connectivity index (χ4v) is 2.95. The molecule has 2 unspecified atom stereocenters. The lowest BCUT2D eigenvalue weighted by molar-refractivity contribution is -0.0462. The van der Waals surface area contributed by atoms with Gasteiger partial charge in [0.25, 0.3) is 5.91 Å². The number of aromatic nitrogens is 1. The summed E-state index contributed by atoms with van der Waals surface area (Å²) in [5, 5.41) is 2.88. The van der Waals surface area contributed by atoms with E-state index in [0.717, 1.165) is 19.7 Å². The zero-order valence-corrected chi connectivity index (χ0v) is 11.9. The first kappa shape index (κ1) is 14.2. The number of nitrogen functional groups attached to an aromatic ring is 1. The van der Waals surface area contributed by atoms with Crippen LogP contribution in [0.2, 0.25) is 0 Å². The molecule has 4 N–H and O–H groups in total. The van der Waals surface area contributed by atoms with Gasteiger partial charge >= 0.3 is 0 Å². The number of hydrazine groups is 1. The van der Waals surface area contributed by atoms with E-state index in [9.17, 15) is 4.79 Å². The first-order valence-electron chi connectivity index (χ1n) is 7.34. The second-order valence-corrected chi connectivity index (χ2v) is 5.51. The third-order valence-electron chi connectivity index (χ3n) is 4.08. The minimum Gasteiger partial charge on any atom is -0.373 e.